The van der Waals surface area contributed by atoms with Gasteiger partial charge in [-0.25, -0.2) is 0 Å². The molecule has 0 amide bonds. The lowest BCUT2D eigenvalue weighted by atomic mass is 9.88. The maximum Gasteiger partial charge on any atom is 0.0343 e. The first kappa shape index (κ1) is 13.4. The minimum absolute atomic E-state index is 0.650. The molecule has 1 saturated carbocycles. The van der Waals surface area contributed by atoms with Crippen LogP contribution in [0.4, 0.5) is 5.69 Å². The van der Waals surface area contributed by atoms with Gasteiger partial charge in [0.1, 0.15) is 0 Å². The van der Waals surface area contributed by atoms with Crippen LogP contribution in [0.5, 0.6) is 0 Å². The molecule has 0 bridgehead atoms. The molecule has 2 N–H and O–H groups in total. The number of hydrogen-bond acceptors (Lipinski definition) is 2. The van der Waals surface area contributed by atoms with Crippen LogP contribution in [0.25, 0.3) is 0 Å². The van der Waals surface area contributed by atoms with E-state index in [0.717, 1.165) is 16.4 Å². The van der Waals surface area contributed by atoms with E-state index in [4.69, 9.17) is 0 Å². The van der Waals surface area contributed by atoms with Crippen molar-refractivity contribution in [1.82, 2.24) is 5.32 Å². The Morgan fingerprint density at radius 1 is 1.00 bits per heavy atom. The molecule has 1 aromatic carbocycles. The summed E-state index contributed by atoms with van der Waals surface area (Å²) in [7, 11) is 0. The van der Waals surface area contributed by atoms with Gasteiger partial charge < -0.3 is 10.6 Å². The summed E-state index contributed by atoms with van der Waals surface area (Å²) in [6.07, 6.45) is 8.19. The smallest absolute Gasteiger partial charge is 0.0343 e. The van der Waals surface area contributed by atoms with E-state index in [1.165, 1.54) is 50.8 Å². The van der Waals surface area contributed by atoms with Crippen LogP contribution in [-0.2, 0) is 0 Å². The Kier molecular flexibility index (Phi) is 4.44. The first-order chi connectivity index (χ1) is 9.33. The Morgan fingerprint density at radius 2 is 1.84 bits per heavy atom. The summed E-state index contributed by atoms with van der Waals surface area (Å²) in [6, 6.07) is 9.97. The zero-order valence-corrected chi connectivity index (χ0v) is 13.0. The molecule has 1 saturated heterocycles. The summed E-state index contributed by atoms with van der Waals surface area (Å²) < 4.78 is 1.15. The molecule has 3 heteroatoms. The Morgan fingerprint density at radius 3 is 2.58 bits per heavy atom. The van der Waals surface area contributed by atoms with Crippen LogP contribution < -0.4 is 10.6 Å². The molecule has 2 aliphatic rings. The normalized spacial score (nSPS) is 31.3. The van der Waals surface area contributed by atoms with Gasteiger partial charge in [0.15, 0.2) is 0 Å². The predicted octanol–water partition coefficient (Wildman–Crippen LogP) is 4.17. The number of nitrogens with one attached hydrogen (secondary N) is 2. The monoisotopic (exact) mass is 322 g/mol. The first-order valence-corrected chi connectivity index (χ1v) is 8.38. The summed E-state index contributed by atoms with van der Waals surface area (Å²) in [5.41, 5.74) is 1.26. The van der Waals surface area contributed by atoms with Crippen LogP contribution in [-0.4, -0.2) is 18.6 Å². The van der Waals surface area contributed by atoms with Crippen molar-refractivity contribution < 1.29 is 0 Å². The van der Waals surface area contributed by atoms with Crippen molar-refractivity contribution in [3.8, 4) is 0 Å². The maximum atomic E-state index is 3.75. The Balaban J connectivity index is 1.64. The SMILES string of the molecule is Brc1ccc(NC2CCCC2C2CCCCN2)cc1. The van der Waals surface area contributed by atoms with Crippen molar-refractivity contribution >= 4 is 21.6 Å². The molecular formula is C16H23BrN2. The quantitative estimate of drug-likeness (QED) is 0.872. The second kappa shape index (κ2) is 6.27. The summed E-state index contributed by atoms with van der Waals surface area (Å²) in [5.74, 6) is 0.809. The van der Waals surface area contributed by atoms with E-state index in [-0.39, 0.29) is 0 Å². The van der Waals surface area contributed by atoms with Crippen LogP contribution in [0.2, 0.25) is 0 Å². The first-order valence-electron chi connectivity index (χ1n) is 7.58. The number of rotatable bonds is 3. The van der Waals surface area contributed by atoms with Gasteiger partial charge in [0.05, 0.1) is 0 Å². The third kappa shape index (κ3) is 3.32. The van der Waals surface area contributed by atoms with E-state index in [0.29, 0.717) is 6.04 Å². The lowest BCUT2D eigenvalue weighted by Crippen LogP contribution is -2.44. The van der Waals surface area contributed by atoms with Crippen LogP contribution in [0, 0.1) is 5.92 Å². The average molecular weight is 323 g/mol. The predicted molar refractivity (Wildman–Crippen MR) is 84.5 cm³/mol. The van der Waals surface area contributed by atoms with Crippen molar-refractivity contribution in [1.29, 1.82) is 0 Å². The number of anilines is 1. The van der Waals surface area contributed by atoms with E-state index in [1.54, 1.807) is 0 Å². The van der Waals surface area contributed by atoms with Crippen molar-refractivity contribution in [2.45, 2.75) is 50.6 Å². The lowest BCUT2D eigenvalue weighted by Gasteiger charge is -2.33. The standard InChI is InChI=1S/C16H23BrN2/c17-12-7-9-13(10-8-12)19-16-6-3-4-14(16)15-5-1-2-11-18-15/h7-10,14-16,18-19H,1-6,11H2. The lowest BCUT2D eigenvalue weighted by molar-refractivity contribution is 0.286. The third-order valence-electron chi connectivity index (χ3n) is 4.63. The highest BCUT2D eigenvalue weighted by Gasteiger charge is 2.34. The molecule has 19 heavy (non-hydrogen) atoms. The van der Waals surface area contributed by atoms with Gasteiger partial charge in [-0.3, -0.25) is 0 Å². The van der Waals surface area contributed by atoms with Gasteiger partial charge in [0.25, 0.3) is 0 Å². The van der Waals surface area contributed by atoms with Gasteiger partial charge in [-0.1, -0.05) is 28.8 Å². The number of halogens is 1. The molecule has 1 heterocycles. The van der Waals surface area contributed by atoms with Gasteiger partial charge in [-0.2, -0.15) is 0 Å². The van der Waals surface area contributed by atoms with Gasteiger partial charge in [0.2, 0.25) is 0 Å². The number of piperidine rings is 1. The highest BCUT2D eigenvalue weighted by molar-refractivity contribution is 9.10. The van der Waals surface area contributed by atoms with Crippen molar-refractivity contribution in [2.75, 3.05) is 11.9 Å². The molecule has 104 valence electrons. The molecule has 2 nitrogen and oxygen atoms in total. The zero-order chi connectivity index (χ0) is 13.1. The van der Waals surface area contributed by atoms with Crippen LogP contribution in [0.15, 0.2) is 28.7 Å². The van der Waals surface area contributed by atoms with Crippen molar-refractivity contribution in [2.24, 2.45) is 5.92 Å². The minimum atomic E-state index is 0.650. The van der Waals surface area contributed by atoms with Gasteiger partial charge in [0, 0.05) is 22.2 Å². The topological polar surface area (TPSA) is 24.1 Å². The van der Waals surface area contributed by atoms with E-state index in [9.17, 15) is 0 Å². The van der Waals surface area contributed by atoms with Crippen molar-refractivity contribution in [3.63, 3.8) is 0 Å². The summed E-state index contributed by atoms with van der Waals surface area (Å²) in [6.45, 7) is 1.21. The molecule has 1 aliphatic heterocycles. The van der Waals surface area contributed by atoms with E-state index in [2.05, 4.69) is 50.8 Å². The molecule has 2 fully saturated rings. The fraction of sp³-hybridized carbons (Fsp3) is 0.625. The van der Waals surface area contributed by atoms with E-state index >= 15 is 0 Å². The second-order valence-electron chi connectivity index (χ2n) is 5.91. The Bertz CT molecular complexity index is 398. The largest absolute Gasteiger partial charge is 0.382 e. The molecule has 3 rings (SSSR count). The maximum absolute atomic E-state index is 3.75. The minimum Gasteiger partial charge on any atom is -0.382 e. The fourth-order valence-corrected chi connectivity index (χ4v) is 3.92. The number of hydrogen-bond donors (Lipinski definition) is 2. The summed E-state index contributed by atoms with van der Waals surface area (Å²) >= 11 is 3.49. The van der Waals surface area contributed by atoms with Gasteiger partial charge in [-0.15, -0.1) is 0 Å². The van der Waals surface area contributed by atoms with Crippen LogP contribution in [0.3, 0.4) is 0 Å². The fourth-order valence-electron chi connectivity index (χ4n) is 3.65. The van der Waals surface area contributed by atoms with Crippen LogP contribution in [0.1, 0.15) is 38.5 Å². The Labute approximate surface area is 124 Å². The summed E-state index contributed by atoms with van der Waals surface area (Å²) in [5, 5.41) is 7.49. The molecule has 3 unspecified atom stereocenters. The molecule has 0 radical (unpaired) electrons. The zero-order valence-electron chi connectivity index (χ0n) is 11.4. The van der Waals surface area contributed by atoms with Crippen LogP contribution >= 0.6 is 15.9 Å². The Hall–Kier alpha value is -0.540. The molecule has 1 aliphatic carbocycles. The van der Waals surface area contributed by atoms with Gasteiger partial charge >= 0.3 is 0 Å². The molecule has 0 spiro atoms. The molecule has 3 atom stereocenters. The third-order valence-corrected chi connectivity index (χ3v) is 5.16. The van der Waals surface area contributed by atoms with Crippen molar-refractivity contribution in [3.05, 3.63) is 28.7 Å². The van der Waals surface area contributed by atoms with Gasteiger partial charge in [-0.05, 0) is 62.4 Å². The van der Waals surface area contributed by atoms with E-state index in [1.807, 2.05) is 0 Å². The van der Waals surface area contributed by atoms with E-state index < -0.39 is 0 Å². The second-order valence-corrected chi connectivity index (χ2v) is 6.82. The number of benzene rings is 1. The summed E-state index contributed by atoms with van der Waals surface area (Å²) in [4.78, 5) is 0. The highest BCUT2D eigenvalue weighted by atomic mass is 79.9. The average Bonchev–Trinajstić information content (AvgIpc) is 2.90. The molecule has 1 aromatic rings. The molecule has 0 aromatic heterocycles. The highest BCUT2D eigenvalue weighted by Crippen LogP contribution is 2.33. The molecular weight excluding hydrogens is 300 g/mol.